The number of aromatic nitrogens is 6. The summed E-state index contributed by atoms with van der Waals surface area (Å²) in [5.74, 6) is 0.219. The molecule has 5 aromatic rings. The maximum atomic E-state index is 14.0. The number of piperidine rings is 1. The van der Waals surface area contributed by atoms with Gasteiger partial charge in [-0.3, -0.25) is 14.6 Å². The van der Waals surface area contributed by atoms with Crippen molar-refractivity contribution in [2.75, 3.05) is 5.32 Å². The molecule has 1 N–H and O–H groups in total. The van der Waals surface area contributed by atoms with Crippen molar-refractivity contribution in [1.82, 2.24) is 35.1 Å². The van der Waals surface area contributed by atoms with Crippen LogP contribution in [0.15, 0.2) is 71.3 Å². The SMILES string of the molecule is Cc1nnn([C@H](c2ccccc2)C2CC3CCC(C2)N3C(=O)c2cc(-c3nc4cc(NC(=O)[C@@H]5C[C@@H]5F)ccc4o3)ccn2)n1. The van der Waals surface area contributed by atoms with Gasteiger partial charge in [0.05, 0.1) is 5.92 Å². The zero-order valence-corrected chi connectivity index (χ0v) is 24.6. The summed E-state index contributed by atoms with van der Waals surface area (Å²) in [6, 6.07) is 19.0. The zero-order valence-electron chi connectivity index (χ0n) is 24.6. The fourth-order valence-corrected chi connectivity index (χ4v) is 7.08. The first-order valence-electron chi connectivity index (χ1n) is 15.4. The van der Waals surface area contributed by atoms with Gasteiger partial charge in [0.1, 0.15) is 23.4 Å². The molecular formula is C33H31FN8O3. The van der Waals surface area contributed by atoms with Crippen LogP contribution in [0.4, 0.5) is 10.1 Å². The monoisotopic (exact) mass is 606 g/mol. The molecule has 8 rings (SSSR count). The lowest BCUT2D eigenvalue weighted by Gasteiger charge is -2.41. The highest BCUT2D eigenvalue weighted by atomic mass is 19.1. The second-order valence-electron chi connectivity index (χ2n) is 12.3. The highest BCUT2D eigenvalue weighted by molar-refractivity contribution is 5.96. The Bertz CT molecular complexity index is 1890. The van der Waals surface area contributed by atoms with Gasteiger partial charge in [-0.1, -0.05) is 30.3 Å². The van der Waals surface area contributed by atoms with Gasteiger partial charge < -0.3 is 14.6 Å². The molecule has 5 heterocycles. The summed E-state index contributed by atoms with van der Waals surface area (Å²) >= 11 is 0. The Labute approximate surface area is 257 Å². The molecular weight excluding hydrogens is 575 g/mol. The second-order valence-corrected chi connectivity index (χ2v) is 12.3. The average Bonchev–Trinajstić information content (AvgIpc) is 3.31. The summed E-state index contributed by atoms with van der Waals surface area (Å²) in [4.78, 5) is 38.9. The number of hydrogen-bond acceptors (Lipinski definition) is 8. The van der Waals surface area contributed by atoms with Crippen molar-refractivity contribution in [3.05, 3.63) is 83.9 Å². The average molecular weight is 607 g/mol. The highest BCUT2D eigenvalue weighted by Crippen LogP contribution is 2.45. The lowest BCUT2D eigenvalue weighted by Crippen LogP contribution is -2.48. The number of nitrogens with zero attached hydrogens (tertiary/aromatic N) is 7. The van der Waals surface area contributed by atoms with E-state index in [1.54, 1.807) is 41.3 Å². The maximum Gasteiger partial charge on any atom is 0.272 e. The first kappa shape index (κ1) is 27.5. The molecule has 228 valence electrons. The third-order valence-electron chi connectivity index (χ3n) is 9.30. The van der Waals surface area contributed by atoms with Gasteiger partial charge in [0, 0.05) is 29.5 Å². The van der Waals surface area contributed by atoms with Crippen LogP contribution in [0.1, 0.15) is 60.0 Å². The third-order valence-corrected chi connectivity index (χ3v) is 9.30. The van der Waals surface area contributed by atoms with Crippen molar-refractivity contribution in [2.24, 2.45) is 11.8 Å². The van der Waals surface area contributed by atoms with Crippen LogP contribution in [-0.4, -0.2) is 65.1 Å². The van der Waals surface area contributed by atoms with Crippen molar-refractivity contribution in [3.63, 3.8) is 0 Å². The lowest BCUT2D eigenvalue weighted by molar-refractivity contribution is -0.117. The second kappa shape index (κ2) is 10.9. The topological polar surface area (TPSA) is 132 Å². The van der Waals surface area contributed by atoms with Gasteiger partial charge in [-0.05, 0) is 86.1 Å². The van der Waals surface area contributed by atoms with E-state index in [1.165, 1.54) is 0 Å². The van der Waals surface area contributed by atoms with Crippen LogP contribution in [0.25, 0.3) is 22.6 Å². The number of rotatable bonds is 7. The van der Waals surface area contributed by atoms with E-state index in [4.69, 9.17) is 4.42 Å². The molecule has 12 heteroatoms. The summed E-state index contributed by atoms with van der Waals surface area (Å²) in [6.45, 7) is 1.84. The normalized spacial score (nSPS) is 24.5. The van der Waals surface area contributed by atoms with E-state index in [-0.39, 0.29) is 42.3 Å². The summed E-state index contributed by atoms with van der Waals surface area (Å²) < 4.78 is 19.3. The molecule has 3 aromatic heterocycles. The minimum absolute atomic E-state index is 0.0588. The van der Waals surface area contributed by atoms with Gasteiger partial charge in [-0.15, -0.1) is 10.2 Å². The van der Waals surface area contributed by atoms with E-state index in [0.717, 1.165) is 31.2 Å². The number of anilines is 1. The van der Waals surface area contributed by atoms with Crippen molar-refractivity contribution in [1.29, 1.82) is 0 Å². The predicted molar refractivity (Wildman–Crippen MR) is 162 cm³/mol. The number of fused-ring (bicyclic) bond motifs is 3. The van der Waals surface area contributed by atoms with Gasteiger partial charge in [-0.2, -0.15) is 4.80 Å². The number of tetrazole rings is 1. The maximum absolute atomic E-state index is 14.0. The number of hydrogen-bond donors (Lipinski definition) is 1. The van der Waals surface area contributed by atoms with E-state index in [9.17, 15) is 14.0 Å². The standard InChI is InChI=1S/C33H31FN8O3/c1-18-38-40-42(39-18)30(19-5-3-2-4-6-19)21-13-23-8-9-24(14-21)41(23)33(44)28-15-20(11-12-35-28)32-37-27-16-22(7-10-29(27)45-32)36-31(43)25-17-26(25)34/h2-7,10-12,15-16,21,23-26,30H,8-9,13-14,17H2,1H3,(H,36,43)/t21?,23?,24?,25-,26+,30-/m1/s1. The Morgan fingerprint density at radius 2 is 1.80 bits per heavy atom. The Morgan fingerprint density at radius 3 is 2.51 bits per heavy atom. The molecule has 45 heavy (non-hydrogen) atoms. The summed E-state index contributed by atoms with van der Waals surface area (Å²) in [5.41, 5.74) is 3.72. The van der Waals surface area contributed by atoms with Crippen LogP contribution < -0.4 is 5.32 Å². The molecule has 2 saturated heterocycles. The number of halogens is 1. The first-order chi connectivity index (χ1) is 21.9. The molecule has 0 spiro atoms. The molecule has 2 unspecified atom stereocenters. The number of benzene rings is 2. The number of alkyl halides is 1. The quantitative estimate of drug-likeness (QED) is 0.269. The lowest BCUT2D eigenvalue weighted by atomic mass is 9.82. The fraction of sp³-hybridized carbons (Fsp3) is 0.364. The number of pyridine rings is 1. The smallest absolute Gasteiger partial charge is 0.272 e. The van der Waals surface area contributed by atoms with Crippen LogP contribution >= 0.6 is 0 Å². The Morgan fingerprint density at radius 1 is 1.02 bits per heavy atom. The van der Waals surface area contributed by atoms with E-state index in [2.05, 4.69) is 42.8 Å². The molecule has 2 aromatic carbocycles. The van der Waals surface area contributed by atoms with Crippen molar-refractivity contribution in [3.8, 4) is 11.5 Å². The number of nitrogens with one attached hydrogen (secondary N) is 1. The molecule has 2 aliphatic heterocycles. The van der Waals surface area contributed by atoms with E-state index in [0.29, 0.717) is 39.8 Å². The number of carbonyl (C=O) groups excluding carboxylic acids is 2. The van der Waals surface area contributed by atoms with Crippen molar-refractivity contribution in [2.45, 2.75) is 63.3 Å². The van der Waals surface area contributed by atoms with Gasteiger partial charge in [0.15, 0.2) is 11.4 Å². The number of oxazole rings is 1. The van der Waals surface area contributed by atoms with Gasteiger partial charge >= 0.3 is 0 Å². The van der Waals surface area contributed by atoms with Gasteiger partial charge in [-0.25, -0.2) is 9.37 Å². The number of amides is 2. The molecule has 2 amide bonds. The zero-order chi connectivity index (χ0) is 30.7. The Balaban J connectivity index is 1.01. The van der Waals surface area contributed by atoms with Gasteiger partial charge in [0.2, 0.25) is 11.8 Å². The Kier molecular flexibility index (Phi) is 6.65. The first-order valence-corrected chi connectivity index (χ1v) is 15.4. The third kappa shape index (κ3) is 5.13. The molecule has 5 atom stereocenters. The van der Waals surface area contributed by atoms with Crippen LogP contribution in [-0.2, 0) is 4.79 Å². The molecule has 1 aliphatic carbocycles. The number of aryl methyl sites for hydroxylation is 1. The molecule has 11 nitrogen and oxygen atoms in total. The Hall–Kier alpha value is -5.00. The van der Waals surface area contributed by atoms with Crippen LogP contribution in [0.5, 0.6) is 0 Å². The van der Waals surface area contributed by atoms with Gasteiger partial charge in [0.25, 0.3) is 5.91 Å². The van der Waals surface area contributed by atoms with Crippen molar-refractivity contribution < 1.29 is 18.4 Å². The van der Waals surface area contributed by atoms with Crippen LogP contribution in [0.3, 0.4) is 0 Å². The van der Waals surface area contributed by atoms with Crippen LogP contribution in [0, 0.1) is 18.8 Å². The molecule has 1 saturated carbocycles. The largest absolute Gasteiger partial charge is 0.436 e. The molecule has 3 fully saturated rings. The van der Waals surface area contributed by atoms with Crippen molar-refractivity contribution >= 4 is 28.6 Å². The molecule has 0 radical (unpaired) electrons. The molecule has 2 bridgehead atoms. The summed E-state index contributed by atoms with van der Waals surface area (Å²) in [6.07, 6.45) is 4.34. The molecule has 3 aliphatic rings. The van der Waals surface area contributed by atoms with Crippen LogP contribution in [0.2, 0.25) is 0 Å². The fourth-order valence-electron chi connectivity index (χ4n) is 7.08. The summed E-state index contributed by atoms with van der Waals surface area (Å²) in [7, 11) is 0. The van der Waals surface area contributed by atoms with E-state index >= 15 is 0 Å². The predicted octanol–water partition coefficient (Wildman–Crippen LogP) is 5.15. The highest BCUT2D eigenvalue weighted by Gasteiger charge is 2.47. The summed E-state index contributed by atoms with van der Waals surface area (Å²) in [5, 5.41) is 15.8. The minimum atomic E-state index is -1.06. The minimum Gasteiger partial charge on any atom is -0.436 e. The van der Waals surface area contributed by atoms with E-state index in [1.807, 2.05) is 30.0 Å². The number of carbonyl (C=O) groups is 2. The van der Waals surface area contributed by atoms with E-state index < -0.39 is 12.1 Å².